The Morgan fingerprint density at radius 2 is 1.95 bits per heavy atom. The first-order valence-corrected chi connectivity index (χ1v) is 7.24. The third kappa shape index (κ3) is 2.19. The fraction of sp³-hybridized carbons (Fsp3) is 0.0769. The third-order valence-electron chi connectivity index (χ3n) is 2.77. The van der Waals surface area contributed by atoms with Gasteiger partial charge < -0.3 is 0 Å². The van der Waals surface area contributed by atoms with Crippen molar-refractivity contribution in [2.24, 2.45) is 0 Å². The molecular formula is C13H7F3N2OSe. The van der Waals surface area contributed by atoms with E-state index < -0.39 is 26.5 Å². The predicted octanol–water partition coefficient (Wildman–Crippen LogP) is 2.46. The van der Waals surface area contributed by atoms with E-state index in [2.05, 4.69) is 4.98 Å². The van der Waals surface area contributed by atoms with Crippen LogP contribution in [0.15, 0.2) is 47.4 Å². The van der Waals surface area contributed by atoms with Crippen LogP contribution in [0.5, 0.6) is 0 Å². The van der Waals surface area contributed by atoms with Crippen molar-refractivity contribution in [2.45, 2.75) is 6.18 Å². The molecule has 0 aliphatic rings. The van der Waals surface area contributed by atoms with Crippen LogP contribution >= 0.6 is 0 Å². The topological polar surface area (TPSA) is 34.9 Å². The van der Waals surface area contributed by atoms with E-state index in [1.807, 2.05) is 0 Å². The van der Waals surface area contributed by atoms with Crippen LogP contribution in [0.3, 0.4) is 0 Å². The number of hydrogen-bond acceptors (Lipinski definition) is 2. The molecule has 102 valence electrons. The maximum absolute atomic E-state index is 12.7. The van der Waals surface area contributed by atoms with Crippen LogP contribution in [0, 0.1) is 0 Å². The normalized spacial score (nSPS) is 11.9. The van der Waals surface area contributed by atoms with Gasteiger partial charge in [0.1, 0.15) is 0 Å². The number of benzene rings is 1. The molecule has 0 fully saturated rings. The van der Waals surface area contributed by atoms with Gasteiger partial charge in [-0.3, -0.25) is 0 Å². The Labute approximate surface area is 117 Å². The van der Waals surface area contributed by atoms with Crippen molar-refractivity contribution in [3.63, 3.8) is 0 Å². The fourth-order valence-corrected chi connectivity index (χ4v) is 3.95. The van der Waals surface area contributed by atoms with Crippen LogP contribution in [-0.2, 0) is 6.18 Å². The Morgan fingerprint density at radius 3 is 2.60 bits per heavy atom. The zero-order valence-corrected chi connectivity index (χ0v) is 11.6. The van der Waals surface area contributed by atoms with Crippen LogP contribution in [0.1, 0.15) is 5.56 Å². The molecular weight excluding hydrogens is 336 g/mol. The zero-order valence-electron chi connectivity index (χ0n) is 9.89. The Kier molecular flexibility index (Phi) is 3.03. The second-order valence-electron chi connectivity index (χ2n) is 4.09. The summed E-state index contributed by atoms with van der Waals surface area (Å²) < 4.78 is 39.9. The predicted molar refractivity (Wildman–Crippen MR) is 69.3 cm³/mol. The average molecular weight is 343 g/mol. The molecule has 0 saturated heterocycles. The molecule has 20 heavy (non-hydrogen) atoms. The minimum atomic E-state index is -4.40. The van der Waals surface area contributed by atoms with E-state index in [0.29, 0.717) is 15.5 Å². The summed E-state index contributed by atoms with van der Waals surface area (Å²) in [5.41, 5.74) is -1.03. The van der Waals surface area contributed by atoms with Crippen LogP contribution in [0.4, 0.5) is 13.2 Å². The molecule has 3 rings (SSSR count). The van der Waals surface area contributed by atoms with Gasteiger partial charge >= 0.3 is 117 Å². The number of fused-ring (bicyclic) bond motifs is 1. The molecule has 0 aliphatic carbocycles. The van der Waals surface area contributed by atoms with Gasteiger partial charge in [-0.05, 0) is 0 Å². The maximum atomic E-state index is 12.7. The van der Waals surface area contributed by atoms with Crippen LogP contribution in [0.25, 0.3) is 15.5 Å². The van der Waals surface area contributed by atoms with Gasteiger partial charge in [0.15, 0.2) is 0 Å². The van der Waals surface area contributed by atoms with Gasteiger partial charge in [0.2, 0.25) is 0 Å². The molecule has 1 aromatic carbocycles. The second kappa shape index (κ2) is 4.61. The van der Waals surface area contributed by atoms with Crippen molar-refractivity contribution < 1.29 is 13.2 Å². The summed E-state index contributed by atoms with van der Waals surface area (Å²) >= 11 is -0.526. The molecule has 7 heteroatoms. The third-order valence-corrected chi connectivity index (χ3v) is 5.02. The molecule has 2 aromatic heterocycles. The summed E-state index contributed by atoms with van der Waals surface area (Å²) in [5, 5.41) is 0.323. The van der Waals surface area contributed by atoms with E-state index in [1.165, 1.54) is 9.63 Å². The Morgan fingerprint density at radius 1 is 1.15 bits per heavy atom. The van der Waals surface area contributed by atoms with Crippen molar-refractivity contribution >= 4 is 24.4 Å². The summed E-state index contributed by atoms with van der Waals surface area (Å²) in [6.45, 7) is 0. The molecule has 0 atom stereocenters. The van der Waals surface area contributed by atoms with Crippen molar-refractivity contribution in [3.05, 3.63) is 58.5 Å². The van der Waals surface area contributed by atoms with Gasteiger partial charge in [0, 0.05) is 0 Å². The van der Waals surface area contributed by atoms with E-state index in [4.69, 9.17) is 0 Å². The van der Waals surface area contributed by atoms with Crippen molar-refractivity contribution in [1.82, 2.24) is 8.55 Å². The van der Waals surface area contributed by atoms with E-state index in [0.717, 1.165) is 12.1 Å². The Hall–Kier alpha value is -1.85. The van der Waals surface area contributed by atoms with Crippen LogP contribution in [-0.4, -0.2) is 23.3 Å². The van der Waals surface area contributed by atoms with Gasteiger partial charge in [-0.1, -0.05) is 0 Å². The van der Waals surface area contributed by atoms with Crippen LogP contribution in [0.2, 0.25) is 0 Å². The first-order chi connectivity index (χ1) is 9.47. The fourth-order valence-electron chi connectivity index (χ4n) is 1.82. The molecule has 3 aromatic rings. The number of alkyl halides is 3. The number of pyridine rings is 1. The number of rotatable bonds is 1. The number of halogens is 3. The zero-order chi connectivity index (χ0) is 14.3. The van der Waals surface area contributed by atoms with Crippen molar-refractivity contribution in [2.75, 3.05) is 0 Å². The molecule has 0 aliphatic heterocycles. The monoisotopic (exact) mass is 344 g/mol. The molecule has 3 nitrogen and oxygen atoms in total. The molecule has 0 amide bonds. The van der Waals surface area contributed by atoms with E-state index in [1.54, 1.807) is 24.4 Å². The first kappa shape index (κ1) is 13.1. The number of nitrogens with zero attached hydrogens (tertiary/aromatic N) is 2. The molecule has 0 bridgehead atoms. The molecule has 0 spiro atoms. The quantitative estimate of drug-likeness (QED) is 0.637. The van der Waals surface area contributed by atoms with Gasteiger partial charge in [-0.2, -0.15) is 0 Å². The summed E-state index contributed by atoms with van der Waals surface area (Å²) in [6.07, 6.45) is -2.85. The van der Waals surface area contributed by atoms with E-state index in [9.17, 15) is 18.0 Å². The standard InChI is InChI=1S/C13H7F3N2OSe/c14-13(15,16)8-4-5-9-10(7-8)20-18(12(9)19)11-3-1-2-6-17-11/h1-7H. The van der Waals surface area contributed by atoms with Gasteiger partial charge in [0.05, 0.1) is 0 Å². The Bertz CT molecular complexity index is 821. The summed E-state index contributed by atoms with van der Waals surface area (Å²) in [4.78, 5) is 16.2. The van der Waals surface area contributed by atoms with Crippen molar-refractivity contribution in [3.8, 4) is 5.82 Å². The van der Waals surface area contributed by atoms with Gasteiger partial charge in [-0.15, -0.1) is 0 Å². The van der Waals surface area contributed by atoms with E-state index in [-0.39, 0.29) is 5.56 Å². The summed E-state index contributed by atoms with van der Waals surface area (Å²) in [6, 6.07) is 8.34. The molecule has 2 heterocycles. The van der Waals surface area contributed by atoms with Gasteiger partial charge in [-0.25, -0.2) is 0 Å². The van der Waals surface area contributed by atoms with Gasteiger partial charge in [0.25, 0.3) is 0 Å². The van der Waals surface area contributed by atoms with Crippen LogP contribution < -0.4 is 5.56 Å². The summed E-state index contributed by atoms with van der Waals surface area (Å²) in [5.74, 6) is 0.460. The minimum absolute atomic E-state index is 0.299. The molecule has 0 saturated carbocycles. The summed E-state index contributed by atoms with van der Waals surface area (Å²) in [7, 11) is 0. The number of hydrogen-bond donors (Lipinski definition) is 0. The molecule has 0 radical (unpaired) electrons. The molecule has 0 unspecified atom stereocenters. The van der Waals surface area contributed by atoms with Crippen molar-refractivity contribution in [1.29, 1.82) is 0 Å². The number of aromatic nitrogens is 2. The SMILES string of the molecule is O=c1c2ccc(C(F)(F)F)cc2[se]n1-c1ccccn1. The second-order valence-corrected chi connectivity index (χ2v) is 6.16. The van der Waals surface area contributed by atoms with E-state index >= 15 is 0 Å². The Balaban J connectivity index is 2.23. The first-order valence-electron chi connectivity index (χ1n) is 5.61. The average Bonchev–Trinajstić information content (AvgIpc) is 2.76. The molecule has 0 N–H and O–H groups in total.